The molecule has 0 aliphatic carbocycles. The molecule has 7 nitrogen and oxygen atoms in total. The Morgan fingerprint density at radius 2 is 2.12 bits per heavy atom. The normalized spacial score (nSPS) is 13.1. The molecule has 1 aromatic heterocycles. The molecule has 144 valence electrons. The van der Waals surface area contributed by atoms with E-state index in [4.69, 9.17) is 5.14 Å². The first-order valence-corrected chi connectivity index (χ1v) is 11.2. The van der Waals surface area contributed by atoms with Crippen molar-refractivity contribution in [2.24, 2.45) is 5.14 Å². The summed E-state index contributed by atoms with van der Waals surface area (Å²) in [4.78, 5) is 16.6. The number of sulfonamides is 1. The molecule has 0 aliphatic heterocycles. The Morgan fingerprint density at radius 3 is 2.73 bits per heavy atom. The van der Waals surface area contributed by atoms with E-state index in [-0.39, 0.29) is 22.6 Å². The van der Waals surface area contributed by atoms with Gasteiger partial charge >= 0.3 is 0 Å². The van der Waals surface area contributed by atoms with Crippen LogP contribution in [0.25, 0.3) is 11.0 Å². The number of carbonyl (C=O) groups is 1. The molecule has 26 heavy (non-hydrogen) atoms. The van der Waals surface area contributed by atoms with Gasteiger partial charge in [-0.1, -0.05) is 32.0 Å². The van der Waals surface area contributed by atoms with Crippen molar-refractivity contribution >= 4 is 38.7 Å². The van der Waals surface area contributed by atoms with Crippen molar-refractivity contribution < 1.29 is 13.2 Å². The van der Waals surface area contributed by atoms with Crippen LogP contribution in [-0.4, -0.2) is 35.7 Å². The summed E-state index contributed by atoms with van der Waals surface area (Å²) in [5, 5.41) is 8.85. The minimum absolute atomic E-state index is 0.0382. The quantitative estimate of drug-likeness (QED) is 0.631. The topological polar surface area (TPSA) is 107 Å². The van der Waals surface area contributed by atoms with Gasteiger partial charge in [0.1, 0.15) is 0 Å². The molecule has 0 spiro atoms. The van der Waals surface area contributed by atoms with Gasteiger partial charge in [-0.15, -0.1) is 0 Å². The fourth-order valence-corrected chi connectivity index (χ4v) is 3.84. The SMILES string of the molecule is CCCCn1c(SCC(=O)N[C@@H](C)CC)nc2cc(S(N)(=O)=O)ccc21. The number of nitrogens with two attached hydrogens (primary N) is 1. The molecule has 0 bridgehead atoms. The third-order valence-corrected chi connectivity index (χ3v) is 5.99. The Hall–Kier alpha value is -1.58. The van der Waals surface area contributed by atoms with Crippen molar-refractivity contribution in [2.45, 2.75) is 62.7 Å². The van der Waals surface area contributed by atoms with Crippen LogP contribution in [0.5, 0.6) is 0 Å². The van der Waals surface area contributed by atoms with E-state index in [0.717, 1.165) is 31.3 Å². The maximum atomic E-state index is 12.0. The van der Waals surface area contributed by atoms with Crippen molar-refractivity contribution in [3.05, 3.63) is 18.2 Å². The third-order valence-electron chi connectivity index (χ3n) is 4.10. The molecule has 2 rings (SSSR count). The van der Waals surface area contributed by atoms with Crippen molar-refractivity contribution in [2.75, 3.05) is 5.75 Å². The van der Waals surface area contributed by atoms with E-state index in [1.807, 2.05) is 18.4 Å². The molecule has 1 aromatic carbocycles. The average molecular weight is 399 g/mol. The van der Waals surface area contributed by atoms with Gasteiger partial charge in [-0.25, -0.2) is 18.5 Å². The molecule has 9 heteroatoms. The minimum atomic E-state index is -3.78. The lowest BCUT2D eigenvalue weighted by molar-refractivity contribution is -0.119. The molecule has 1 atom stereocenters. The minimum Gasteiger partial charge on any atom is -0.353 e. The lowest BCUT2D eigenvalue weighted by Crippen LogP contribution is -2.33. The number of hydrogen-bond donors (Lipinski definition) is 2. The summed E-state index contributed by atoms with van der Waals surface area (Å²) in [6, 6.07) is 4.84. The van der Waals surface area contributed by atoms with Gasteiger partial charge in [-0.05, 0) is 38.0 Å². The van der Waals surface area contributed by atoms with Crippen LogP contribution < -0.4 is 10.5 Å². The summed E-state index contributed by atoms with van der Waals surface area (Å²) in [6.45, 7) is 6.85. The summed E-state index contributed by atoms with van der Waals surface area (Å²) < 4.78 is 25.2. The van der Waals surface area contributed by atoms with Gasteiger partial charge in [0.15, 0.2) is 5.16 Å². The van der Waals surface area contributed by atoms with Crippen molar-refractivity contribution in [3.63, 3.8) is 0 Å². The van der Waals surface area contributed by atoms with Gasteiger partial charge < -0.3 is 9.88 Å². The number of unbranched alkanes of at least 4 members (excludes halogenated alkanes) is 1. The van der Waals surface area contributed by atoms with Crippen LogP contribution in [0.3, 0.4) is 0 Å². The number of nitrogens with zero attached hydrogens (tertiary/aromatic N) is 2. The zero-order valence-electron chi connectivity index (χ0n) is 15.4. The number of aromatic nitrogens is 2. The zero-order valence-corrected chi connectivity index (χ0v) is 17.0. The summed E-state index contributed by atoms with van der Waals surface area (Å²) in [6.07, 6.45) is 2.87. The second kappa shape index (κ2) is 8.88. The fourth-order valence-electron chi connectivity index (χ4n) is 2.46. The van der Waals surface area contributed by atoms with Crippen LogP contribution >= 0.6 is 11.8 Å². The number of thioether (sulfide) groups is 1. The monoisotopic (exact) mass is 398 g/mol. The Morgan fingerprint density at radius 1 is 1.38 bits per heavy atom. The maximum absolute atomic E-state index is 12.0. The van der Waals surface area contributed by atoms with Crippen LogP contribution in [0.4, 0.5) is 0 Å². The third kappa shape index (κ3) is 5.21. The molecule has 0 radical (unpaired) electrons. The zero-order chi connectivity index (χ0) is 19.3. The maximum Gasteiger partial charge on any atom is 0.238 e. The molecular weight excluding hydrogens is 372 g/mol. The number of hydrogen-bond acceptors (Lipinski definition) is 5. The van der Waals surface area contributed by atoms with Crippen LogP contribution in [0, 0.1) is 0 Å². The first-order valence-electron chi connectivity index (χ1n) is 8.71. The van der Waals surface area contributed by atoms with Gasteiger partial charge in [-0.2, -0.15) is 0 Å². The Kier molecular flexibility index (Phi) is 7.08. The fraction of sp³-hybridized carbons (Fsp3) is 0.529. The summed E-state index contributed by atoms with van der Waals surface area (Å²) in [5.74, 6) is 0.227. The lowest BCUT2D eigenvalue weighted by Gasteiger charge is -2.11. The second-order valence-corrected chi connectivity index (χ2v) is 8.76. The smallest absolute Gasteiger partial charge is 0.238 e. The lowest BCUT2D eigenvalue weighted by atomic mass is 10.3. The predicted octanol–water partition coefficient (Wildman–Crippen LogP) is 2.49. The van der Waals surface area contributed by atoms with Crippen LogP contribution in [0.2, 0.25) is 0 Å². The van der Waals surface area contributed by atoms with E-state index in [0.29, 0.717) is 10.7 Å². The number of benzene rings is 1. The molecule has 1 heterocycles. The van der Waals surface area contributed by atoms with Crippen molar-refractivity contribution in [1.29, 1.82) is 0 Å². The van der Waals surface area contributed by atoms with E-state index >= 15 is 0 Å². The molecule has 0 unspecified atom stereocenters. The van der Waals surface area contributed by atoms with Gasteiger partial charge in [-0.3, -0.25) is 4.79 Å². The van der Waals surface area contributed by atoms with Crippen LogP contribution in [-0.2, 0) is 21.4 Å². The van der Waals surface area contributed by atoms with Crippen molar-refractivity contribution in [1.82, 2.24) is 14.9 Å². The summed E-state index contributed by atoms with van der Waals surface area (Å²) in [7, 11) is -3.78. The van der Waals surface area contributed by atoms with Gasteiger partial charge in [0.2, 0.25) is 15.9 Å². The van der Waals surface area contributed by atoms with E-state index in [2.05, 4.69) is 17.2 Å². The summed E-state index contributed by atoms with van der Waals surface area (Å²) in [5.41, 5.74) is 1.41. The van der Waals surface area contributed by atoms with E-state index in [1.54, 1.807) is 6.07 Å². The van der Waals surface area contributed by atoms with Gasteiger partial charge in [0, 0.05) is 12.6 Å². The van der Waals surface area contributed by atoms with Crippen molar-refractivity contribution in [3.8, 4) is 0 Å². The molecule has 0 saturated heterocycles. The van der Waals surface area contributed by atoms with E-state index in [9.17, 15) is 13.2 Å². The number of carbonyl (C=O) groups excluding carboxylic acids is 1. The molecular formula is C17H26N4O3S2. The van der Waals surface area contributed by atoms with Crippen LogP contribution in [0.1, 0.15) is 40.0 Å². The molecule has 1 amide bonds. The number of rotatable bonds is 9. The number of fused-ring (bicyclic) bond motifs is 1. The highest BCUT2D eigenvalue weighted by Crippen LogP contribution is 2.26. The Balaban J connectivity index is 2.29. The Bertz CT molecular complexity index is 878. The molecule has 0 saturated carbocycles. The standard InChI is InChI=1S/C17H26N4O3S2/c1-4-6-9-21-15-8-7-13(26(18,23)24)10-14(15)20-17(21)25-11-16(22)19-12(3)5-2/h7-8,10,12H,4-6,9,11H2,1-3H3,(H,19,22)(H2,18,23,24)/t12-/m0/s1. The average Bonchev–Trinajstić information content (AvgIpc) is 2.93. The number of aryl methyl sites for hydroxylation is 1. The van der Waals surface area contributed by atoms with E-state index in [1.165, 1.54) is 23.9 Å². The molecule has 0 fully saturated rings. The highest BCUT2D eigenvalue weighted by atomic mass is 32.2. The number of nitrogens with one attached hydrogen (secondary N) is 1. The Labute approximate surface area is 158 Å². The summed E-state index contributed by atoms with van der Waals surface area (Å²) >= 11 is 1.36. The molecule has 2 aromatic rings. The van der Waals surface area contributed by atoms with Gasteiger partial charge in [0.05, 0.1) is 21.7 Å². The number of primary sulfonamides is 1. The number of imidazole rings is 1. The molecule has 0 aliphatic rings. The highest BCUT2D eigenvalue weighted by molar-refractivity contribution is 7.99. The number of amides is 1. The highest BCUT2D eigenvalue weighted by Gasteiger charge is 2.16. The first kappa shape index (κ1) is 20.7. The van der Waals surface area contributed by atoms with Crippen LogP contribution in [0.15, 0.2) is 28.3 Å². The molecule has 3 N–H and O–H groups in total. The van der Waals surface area contributed by atoms with Gasteiger partial charge in [0.25, 0.3) is 0 Å². The first-order chi connectivity index (χ1) is 12.3. The largest absolute Gasteiger partial charge is 0.353 e. The predicted molar refractivity (Wildman–Crippen MR) is 105 cm³/mol. The second-order valence-electron chi connectivity index (χ2n) is 6.26. The van der Waals surface area contributed by atoms with E-state index < -0.39 is 10.0 Å².